The Balaban J connectivity index is 1.37. The van der Waals surface area contributed by atoms with Gasteiger partial charge in [-0.25, -0.2) is 0 Å². The van der Waals surface area contributed by atoms with Crippen LogP contribution in [0.1, 0.15) is 63.9 Å². The third kappa shape index (κ3) is 3.85. The molecule has 1 aromatic heterocycles. The average molecular weight is 526 g/mol. The number of benzene rings is 2. The number of carbonyl (C=O) groups excluding carboxylic acids is 3. The van der Waals surface area contributed by atoms with E-state index in [0.717, 1.165) is 24.0 Å². The second kappa shape index (κ2) is 8.99. The Hall–Kier alpha value is -4.63. The van der Waals surface area contributed by atoms with Gasteiger partial charge in [-0.05, 0) is 78.6 Å². The quantitative estimate of drug-likeness (QED) is 0.328. The van der Waals surface area contributed by atoms with Crippen molar-refractivity contribution in [3.05, 3.63) is 64.5 Å². The molecule has 2 heterocycles. The van der Waals surface area contributed by atoms with Crippen molar-refractivity contribution in [2.45, 2.75) is 49.7 Å². The van der Waals surface area contributed by atoms with Crippen LogP contribution in [0.15, 0.2) is 36.4 Å². The van der Waals surface area contributed by atoms with Gasteiger partial charge in [-0.1, -0.05) is 17.3 Å². The fourth-order valence-corrected chi connectivity index (χ4v) is 6.44. The molecule has 1 saturated carbocycles. The van der Waals surface area contributed by atoms with Gasteiger partial charge in [-0.2, -0.15) is 10.5 Å². The Morgan fingerprint density at radius 2 is 1.77 bits per heavy atom. The van der Waals surface area contributed by atoms with Crippen LogP contribution in [-0.4, -0.2) is 67.9 Å². The van der Waals surface area contributed by atoms with Crippen LogP contribution in [0.3, 0.4) is 0 Å². The third-order valence-electron chi connectivity index (χ3n) is 8.30. The summed E-state index contributed by atoms with van der Waals surface area (Å²) in [7, 11) is 0. The SMILES string of the molecule is C[C@@H](CC1(c2nn[nH]n2)c2ccc(C(N)=O)cc2-c2cc(C(N)=O)ccc21)NCC(=O)N1[C@H](C#N)C[C@@H]2C[C@@H]21. The Bertz CT molecular complexity index is 1480. The van der Waals surface area contributed by atoms with E-state index in [-0.39, 0.29) is 30.6 Å². The number of amides is 3. The van der Waals surface area contributed by atoms with E-state index in [0.29, 0.717) is 40.4 Å². The summed E-state index contributed by atoms with van der Waals surface area (Å²) in [6.07, 6.45) is 2.14. The van der Waals surface area contributed by atoms with Gasteiger partial charge < -0.3 is 21.7 Å². The minimum absolute atomic E-state index is 0.0866. The van der Waals surface area contributed by atoms with Gasteiger partial charge in [0.2, 0.25) is 17.7 Å². The molecule has 3 aliphatic rings. The molecule has 1 saturated heterocycles. The standard InChI is InChI=1S/C27H27N9O3/c1-13(31-12-23(37)36-17(11-28)6-16-9-22(16)36)10-27(26-32-34-35-33-26)20-4-2-14(24(29)38)7-18(20)19-8-15(25(30)39)3-5-21(19)27/h2-5,7-8,13,16-17,22,31H,6,9-10,12H2,1H3,(H2,29,38)(H2,30,39)(H,32,33,34,35)/t13-,16+,17-,22-/m0/s1. The number of tetrazole rings is 1. The van der Waals surface area contributed by atoms with Crippen molar-refractivity contribution in [2.75, 3.05) is 6.54 Å². The molecular weight excluding hydrogens is 498 g/mol. The topological polar surface area (TPSA) is 197 Å². The van der Waals surface area contributed by atoms with Crippen LogP contribution in [0.5, 0.6) is 0 Å². The fraction of sp³-hybridized carbons (Fsp3) is 0.370. The van der Waals surface area contributed by atoms with E-state index < -0.39 is 17.2 Å². The Kier molecular flexibility index (Phi) is 5.69. The molecule has 0 unspecified atom stereocenters. The lowest BCUT2D eigenvalue weighted by Crippen LogP contribution is -2.46. The van der Waals surface area contributed by atoms with Crippen LogP contribution in [-0.2, 0) is 10.2 Å². The molecule has 4 atom stereocenters. The van der Waals surface area contributed by atoms with E-state index >= 15 is 0 Å². The first kappa shape index (κ1) is 24.7. The number of nitriles is 1. The van der Waals surface area contributed by atoms with Gasteiger partial charge in [-0.15, -0.1) is 10.2 Å². The summed E-state index contributed by atoms with van der Waals surface area (Å²) >= 11 is 0. The zero-order valence-corrected chi connectivity index (χ0v) is 21.2. The monoisotopic (exact) mass is 525 g/mol. The fourth-order valence-electron chi connectivity index (χ4n) is 6.44. The molecule has 2 aliphatic carbocycles. The van der Waals surface area contributed by atoms with Gasteiger partial charge in [0.25, 0.3) is 0 Å². The smallest absolute Gasteiger partial charge is 0.248 e. The normalized spacial score (nSPS) is 22.4. The van der Waals surface area contributed by atoms with Crippen molar-refractivity contribution < 1.29 is 14.4 Å². The molecule has 0 spiro atoms. The predicted molar refractivity (Wildman–Crippen MR) is 138 cm³/mol. The number of fused-ring (bicyclic) bond motifs is 4. The Morgan fingerprint density at radius 3 is 2.31 bits per heavy atom. The number of piperidine rings is 1. The molecule has 6 rings (SSSR count). The van der Waals surface area contributed by atoms with Gasteiger partial charge in [0.15, 0.2) is 5.82 Å². The highest BCUT2D eigenvalue weighted by Gasteiger charge is 2.54. The van der Waals surface area contributed by atoms with E-state index in [4.69, 9.17) is 11.5 Å². The first-order valence-electron chi connectivity index (χ1n) is 12.8. The molecule has 3 amide bonds. The van der Waals surface area contributed by atoms with Gasteiger partial charge in [-0.3, -0.25) is 14.4 Å². The molecule has 12 nitrogen and oxygen atoms in total. The van der Waals surface area contributed by atoms with Crippen molar-refractivity contribution in [2.24, 2.45) is 17.4 Å². The number of hydrogen-bond donors (Lipinski definition) is 4. The van der Waals surface area contributed by atoms with Crippen molar-refractivity contribution in [1.82, 2.24) is 30.8 Å². The van der Waals surface area contributed by atoms with E-state index in [1.807, 2.05) is 19.1 Å². The number of nitrogens with zero attached hydrogens (tertiary/aromatic N) is 5. The minimum atomic E-state index is -0.913. The number of aromatic amines is 1. The van der Waals surface area contributed by atoms with E-state index in [1.165, 1.54) is 0 Å². The maximum Gasteiger partial charge on any atom is 0.248 e. The number of nitrogens with two attached hydrogens (primary N) is 2. The summed E-state index contributed by atoms with van der Waals surface area (Å²) in [5.74, 6) is -0.389. The third-order valence-corrected chi connectivity index (χ3v) is 8.30. The number of rotatable bonds is 8. The van der Waals surface area contributed by atoms with Crippen molar-refractivity contribution in [1.29, 1.82) is 5.26 Å². The summed E-state index contributed by atoms with van der Waals surface area (Å²) in [5, 5.41) is 27.9. The summed E-state index contributed by atoms with van der Waals surface area (Å²) in [4.78, 5) is 38.9. The van der Waals surface area contributed by atoms with Gasteiger partial charge >= 0.3 is 0 Å². The lowest BCUT2D eigenvalue weighted by Gasteiger charge is -2.32. The zero-order valence-electron chi connectivity index (χ0n) is 21.2. The number of aromatic nitrogens is 4. The number of nitrogens with one attached hydrogen (secondary N) is 2. The molecule has 3 aromatic rings. The summed E-state index contributed by atoms with van der Waals surface area (Å²) in [6, 6.07) is 12.2. The molecule has 0 bridgehead atoms. The summed E-state index contributed by atoms with van der Waals surface area (Å²) < 4.78 is 0. The Labute approximate surface area is 223 Å². The molecule has 12 heteroatoms. The maximum atomic E-state index is 13.1. The lowest BCUT2D eigenvalue weighted by molar-refractivity contribution is -0.131. The van der Waals surface area contributed by atoms with Crippen LogP contribution in [0.25, 0.3) is 11.1 Å². The molecule has 198 valence electrons. The highest BCUT2D eigenvalue weighted by molar-refractivity contribution is 5.98. The van der Waals surface area contributed by atoms with Crippen LogP contribution >= 0.6 is 0 Å². The molecule has 1 aliphatic heterocycles. The minimum Gasteiger partial charge on any atom is -0.366 e. The van der Waals surface area contributed by atoms with Crippen molar-refractivity contribution >= 4 is 17.7 Å². The van der Waals surface area contributed by atoms with E-state index in [9.17, 15) is 19.6 Å². The van der Waals surface area contributed by atoms with Crippen molar-refractivity contribution in [3.63, 3.8) is 0 Å². The average Bonchev–Trinajstić information content (AvgIpc) is 3.26. The molecule has 2 fully saturated rings. The molecular formula is C27H27N9O3. The highest BCUT2D eigenvalue weighted by Crippen LogP contribution is 2.54. The second-order valence-corrected chi connectivity index (χ2v) is 10.6. The van der Waals surface area contributed by atoms with Crippen LogP contribution < -0.4 is 16.8 Å². The van der Waals surface area contributed by atoms with Crippen LogP contribution in [0.2, 0.25) is 0 Å². The number of hydrogen-bond acceptors (Lipinski definition) is 8. The molecule has 2 aromatic carbocycles. The number of carbonyl (C=O) groups is 3. The Morgan fingerprint density at radius 1 is 1.13 bits per heavy atom. The van der Waals surface area contributed by atoms with Crippen LogP contribution in [0, 0.1) is 17.2 Å². The first-order chi connectivity index (χ1) is 18.7. The van der Waals surface area contributed by atoms with Gasteiger partial charge in [0.1, 0.15) is 6.04 Å². The summed E-state index contributed by atoms with van der Waals surface area (Å²) in [5.41, 5.74) is 14.0. The van der Waals surface area contributed by atoms with Gasteiger partial charge in [0, 0.05) is 23.2 Å². The number of likely N-dealkylation sites (tertiary alicyclic amines) is 1. The van der Waals surface area contributed by atoms with Crippen molar-refractivity contribution in [3.8, 4) is 17.2 Å². The molecule has 0 radical (unpaired) electrons. The second-order valence-electron chi connectivity index (χ2n) is 10.6. The molecule has 6 N–H and O–H groups in total. The van der Waals surface area contributed by atoms with E-state index in [1.54, 1.807) is 29.2 Å². The number of H-pyrrole nitrogens is 1. The lowest BCUT2D eigenvalue weighted by atomic mass is 9.72. The largest absolute Gasteiger partial charge is 0.366 e. The van der Waals surface area contributed by atoms with E-state index in [2.05, 4.69) is 32.0 Å². The van der Waals surface area contributed by atoms with Crippen LogP contribution in [0.4, 0.5) is 0 Å². The predicted octanol–water partition coefficient (Wildman–Crippen LogP) is 0.593. The maximum absolute atomic E-state index is 13.1. The van der Waals surface area contributed by atoms with Gasteiger partial charge in [0.05, 0.1) is 18.0 Å². The first-order valence-corrected chi connectivity index (χ1v) is 12.8. The number of primary amides is 2. The highest BCUT2D eigenvalue weighted by atomic mass is 16.2. The molecule has 39 heavy (non-hydrogen) atoms. The summed E-state index contributed by atoms with van der Waals surface area (Å²) in [6.45, 7) is 2.06. The zero-order chi connectivity index (χ0) is 27.5.